The normalized spacial score (nSPS) is 13.5. The average Bonchev–Trinajstić information content (AvgIpc) is 3.75. The average molecular weight is 826 g/mol. The molecule has 0 saturated carbocycles. The van der Waals surface area contributed by atoms with Gasteiger partial charge >= 0.3 is 0 Å². The second-order valence-corrected chi connectivity index (χ2v) is 15.6. The van der Waals surface area contributed by atoms with Crippen molar-refractivity contribution in [3.63, 3.8) is 0 Å². The zero-order valence-corrected chi connectivity index (χ0v) is 36.3. The van der Waals surface area contributed by atoms with Gasteiger partial charge in [0, 0.05) is 46.5 Å². The summed E-state index contributed by atoms with van der Waals surface area (Å²) in [5.74, 6) is 0. The molecule has 1 aliphatic carbocycles. The molecule has 0 unspecified atom stereocenters. The fourth-order valence-corrected chi connectivity index (χ4v) is 8.01. The third-order valence-electron chi connectivity index (χ3n) is 11.3. The van der Waals surface area contributed by atoms with Gasteiger partial charge in [0.1, 0.15) is 0 Å². The summed E-state index contributed by atoms with van der Waals surface area (Å²) in [7, 11) is 0. The lowest BCUT2D eigenvalue weighted by molar-refractivity contribution is 1.20. The quantitative estimate of drug-likeness (QED) is 0.0962. The molecular formula is C61H51N3. The maximum atomic E-state index is 5.00. The summed E-state index contributed by atoms with van der Waals surface area (Å²) in [6, 6.07) is 55.5. The fourth-order valence-electron chi connectivity index (χ4n) is 8.01. The first-order valence-corrected chi connectivity index (χ1v) is 21.8. The van der Waals surface area contributed by atoms with Crippen molar-refractivity contribution in [2.24, 2.45) is 4.99 Å². The molecular weight excluding hydrogens is 775 g/mol. The molecule has 3 heteroatoms. The highest BCUT2D eigenvalue weighted by Crippen LogP contribution is 2.41. The number of benzene rings is 5. The minimum atomic E-state index is 0.755. The Bertz CT molecular complexity index is 2960. The van der Waals surface area contributed by atoms with Crippen LogP contribution in [0, 0.1) is 6.92 Å². The van der Waals surface area contributed by atoms with E-state index in [1.807, 2.05) is 49.7 Å². The number of aliphatic imine (C=N–C) groups is 1. The lowest BCUT2D eigenvalue weighted by atomic mass is 9.89. The number of aryl methyl sites for hydroxylation is 1. The monoisotopic (exact) mass is 825 g/mol. The highest BCUT2D eigenvalue weighted by atomic mass is 14.7. The number of nitrogens with zero attached hydrogens (tertiary/aromatic N) is 3. The third kappa shape index (κ3) is 10.4. The van der Waals surface area contributed by atoms with Gasteiger partial charge in [-0.1, -0.05) is 195 Å². The van der Waals surface area contributed by atoms with E-state index in [1.54, 1.807) is 6.08 Å². The van der Waals surface area contributed by atoms with Gasteiger partial charge in [-0.25, -0.2) is 0 Å². The molecule has 7 aromatic rings. The SMILES string of the molecule is C=C/C=C\CC=C.Cc1ccc(-c2ccccc2C2=CC(c3ccccc3-c3ccc(-c4ccccc4)nc3)=CC(c3ccccc3C3=CN=C(c4ccccc4)C=CC3)=CC2)cn1. The van der Waals surface area contributed by atoms with Gasteiger partial charge < -0.3 is 0 Å². The van der Waals surface area contributed by atoms with Crippen molar-refractivity contribution in [2.45, 2.75) is 26.2 Å². The van der Waals surface area contributed by atoms with E-state index < -0.39 is 0 Å². The predicted molar refractivity (Wildman–Crippen MR) is 273 cm³/mol. The summed E-state index contributed by atoms with van der Waals surface area (Å²) in [4.78, 5) is 14.6. The van der Waals surface area contributed by atoms with Crippen LogP contribution in [-0.2, 0) is 0 Å². The lowest BCUT2D eigenvalue weighted by Crippen LogP contribution is -1.94. The molecule has 0 atom stereocenters. The van der Waals surface area contributed by atoms with E-state index in [0.717, 1.165) is 75.3 Å². The summed E-state index contributed by atoms with van der Waals surface area (Å²) < 4.78 is 0. The van der Waals surface area contributed by atoms with Crippen LogP contribution >= 0.6 is 0 Å². The topological polar surface area (TPSA) is 38.1 Å². The Kier molecular flexibility index (Phi) is 14.1. The molecule has 5 aromatic carbocycles. The van der Waals surface area contributed by atoms with Crippen LogP contribution in [0.2, 0.25) is 0 Å². The van der Waals surface area contributed by atoms with Crippen molar-refractivity contribution in [1.82, 2.24) is 9.97 Å². The summed E-state index contributed by atoms with van der Waals surface area (Å²) >= 11 is 0. The second kappa shape index (κ2) is 21.2. The number of hydrogen-bond acceptors (Lipinski definition) is 3. The molecule has 0 N–H and O–H groups in total. The van der Waals surface area contributed by atoms with Gasteiger partial charge in [-0.3, -0.25) is 15.0 Å². The largest absolute Gasteiger partial charge is 0.261 e. The van der Waals surface area contributed by atoms with Gasteiger partial charge in [-0.2, -0.15) is 0 Å². The zero-order valence-electron chi connectivity index (χ0n) is 36.3. The maximum Gasteiger partial charge on any atom is 0.0702 e. The van der Waals surface area contributed by atoms with Crippen LogP contribution in [0.5, 0.6) is 0 Å². The van der Waals surface area contributed by atoms with E-state index >= 15 is 0 Å². The smallest absolute Gasteiger partial charge is 0.0702 e. The summed E-state index contributed by atoms with van der Waals surface area (Å²) in [6.45, 7) is 9.09. The van der Waals surface area contributed by atoms with E-state index in [9.17, 15) is 0 Å². The van der Waals surface area contributed by atoms with Gasteiger partial charge in [-0.15, -0.1) is 6.58 Å². The fraction of sp³-hybridized carbons (Fsp3) is 0.0656. The first kappa shape index (κ1) is 42.7. The van der Waals surface area contributed by atoms with Crippen LogP contribution in [0.15, 0.2) is 249 Å². The number of hydrogen-bond donors (Lipinski definition) is 0. The minimum Gasteiger partial charge on any atom is -0.261 e. The third-order valence-corrected chi connectivity index (χ3v) is 11.3. The van der Waals surface area contributed by atoms with Gasteiger partial charge in [0.25, 0.3) is 0 Å². The highest BCUT2D eigenvalue weighted by molar-refractivity contribution is 6.10. The van der Waals surface area contributed by atoms with Crippen LogP contribution in [-0.4, -0.2) is 15.7 Å². The predicted octanol–water partition coefficient (Wildman–Crippen LogP) is 15.8. The molecule has 2 aliphatic rings. The Balaban J connectivity index is 0.000000741. The number of allylic oxidation sites excluding steroid dienone is 13. The Morgan fingerprint density at radius 2 is 1.09 bits per heavy atom. The summed E-state index contributed by atoms with van der Waals surface area (Å²) in [6.07, 6.45) is 27.6. The molecule has 1 aliphatic heterocycles. The molecule has 3 nitrogen and oxygen atoms in total. The molecule has 0 fully saturated rings. The Labute approximate surface area is 378 Å². The van der Waals surface area contributed by atoms with E-state index in [-0.39, 0.29) is 0 Å². The molecule has 0 saturated heterocycles. The van der Waals surface area contributed by atoms with Gasteiger partial charge in [0.05, 0.1) is 11.4 Å². The molecule has 0 radical (unpaired) electrons. The first-order chi connectivity index (χ1) is 31.6. The molecule has 0 bridgehead atoms. The Hall–Kier alpha value is -8.01. The van der Waals surface area contributed by atoms with Crippen molar-refractivity contribution in [3.8, 4) is 33.5 Å². The van der Waals surface area contributed by atoms with Crippen molar-refractivity contribution in [3.05, 3.63) is 278 Å². The Morgan fingerprint density at radius 1 is 0.516 bits per heavy atom. The van der Waals surface area contributed by atoms with Crippen LogP contribution < -0.4 is 0 Å². The van der Waals surface area contributed by atoms with E-state index in [2.05, 4.69) is 200 Å². The molecule has 0 amide bonds. The van der Waals surface area contributed by atoms with E-state index in [0.29, 0.717) is 0 Å². The van der Waals surface area contributed by atoms with Crippen LogP contribution in [0.3, 0.4) is 0 Å². The maximum absolute atomic E-state index is 5.00. The van der Waals surface area contributed by atoms with Crippen LogP contribution in [0.1, 0.15) is 52.8 Å². The van der Waals surface area contributed by atoms with E-state index in [1.165, 1.54) is 39.0 Å². The molecule has 0 spiro atoms. The first-order valence-electron chi connectivity index (χ1n) is 21.8. The summed E-state index contributed by atoms with van der Waals surface area (Å²) in [5.41, 5.74) is 19.1. The molecule has 310 valence electrons. The summed E-state index contributed by atoms with van der Waals surface area (Å²) in [5, 5.41) is 0. The zero-order chi connectivity index (χ0) is 43.9. The highest BCUT2D eigenvalue weighted by Gasteiger charge is 2.19. The van der Waals surface area contributed by atoms with E-state index in [4.69, 9.17) is 9.98 Å². The van der Waals surface area contributed by atoms with Gasteiger partial charge in [0.2, 0.25) is 0 Å². The molecule has 2 aromatic heterocycles. The number of pyridine rings is 2. The van der Waals surface area contributed by atoms with Crippen molar-refractivity contribution in [2.75, 3.05) is 0 Å². The van der Waals surface area contributed by atoms with Gasteiger partial charge in [-0.05, 0) is 106 Å². The number of aromatic nitrogens is 2. The Morgan fingerprint density at radius 3 is 1.72 bits per heavy atom. The second-order valence-electron chi connectivity index (χ2n) is 15.6. The number of rotatable bonds is 11. The standard InChI is InChI=1S/C54H41N3.C7H10/c1-38-27-28-44(35-55-38)50-23-11-9-21-48(50)42-30-29-41(47-20-8-10-22-49(47)43-19-14-26-53(56-36-43)39-15-4-2-5-16-39)33-46(34-42)52-25-13-12-24-51(52)45-31-32-54(57-37-45)40-17-6-3-7-18-40;1-3-5-7-6-4-2/h2-18,20-29,31-37H,19,30H2,1H3;3-5,7H,1-2,6H2/b;7-5-. The minimum absolute atomic E-state index is 0.755. The van der Waals surface area contributed by atoms with Crippen LogP contribution in [0.4, 0.5) is 0 Å². The van der Waals surface area contributed by atoms with Crippen molar-refractivity contribution in [1.29, 1.82) is 0 Å². The molecule has 64 heavy (non-hydrogen) atoms. The molecule has 9 rings (SSSR count). The lowest BCUT2D eigenvalue weighted by Gasteiger charge is -2.15. The van der Waals surface area contributed by atoms with Crippen molar-refractivity contribution >= 4 is 28.0 Å². The van der Waals surface area contributed by atoms with Gasteiger partial charge in [0.15, 0.2) is 0 Å². The molecule has 3 heterocycles. The van der Waals surface area contributed by atoms with Crippen molar-refractivity contribution < 1.29 is 0 Å². The van der Waals surface area contributed by atoms with Crippen LogP contribution in [0.25, 0.3) is 55.8 Å².